The fraction of sp³-hybridized carbons (Fsp3) is 0.231. The fourth-order valence-electron chi connectivity index (χ4n) is 3.61. The van der Waals surface area contributed by atoms with Crippen molar-refractivity contribution < 1.29 is 4.79 Å². The maximum absolute atomic E-state index is 13.1. The van der Waals surface area contributed by atoms with Crippen LogP contribution >= 0.6 is 0 Å². The van der Waals surface area contributed by atoms with E-state index in [4.69, 9.17) is 0 Å². The highest BCUT2D eigenvalue weighted by atomic mass is 16.2. The zero-order valence-electron chi connectivity index (χ0n) is 17.4. The highest BCUT2D eigenvalue weighted by molar-refractivity contribution is 5.95. The Morgan fingerprint density at radius 3 is 2.47 bits per heavy atom. The zero-order chi connectivity index (χ0) is 20.9. The van der Waals surface area contributed by atoms with E-state index in [9.17, 15) is 4.79 Å². The second-order valence-corrected chi connectivity index (χ2v) is 7.62. The number of amides is 1. The van der Waals surface area contributed by atoms with Crippen molar-refractivity contribution in [2.75, 3.05) is 31.1 Å². The molecule has 0 spiro atoms. The average molecular weight is 396 g/mol. The number of pyridine rings is 1. The minimum atomic E-state index is 0.0641. The number of hydrogen-bond donors (Lipinski definition) is 0. The van der Waals surface area contributed by atoms with Gasteiger partial charge < -0.3 is 9.80 Å². The number of aromatic nitrogens is 1. The molecule has 3 aromatic rings. The summed E-state index contributed by atoms with van der Waals surface area (Å²) < 4.78 is 0. The van der Waals surface area contributed by atoms with E-state index < -0.39 is 0 Å². The van der Waals surface area contributed by atoms with Gasteiger partial charge in [0.2, 0.25) is 0 Å². The minimum absolute atomic E-state index is 0.0641. The van der Waals surface area contributed by atoms with Crippen LogP contribution in [0.5, 0.6) is 0 Å². The van der Waals surface area contributed by atoms with Gasteiger partial charge in [-0.15, -0.1) is 0 Å². The molecule has 0 saturated carbocycles. The molecule has 150 valence electrons. The predicted molar refractivity (Wildman–Crippen MR) is 121 cm³/mol. The van der Waals surface area contributed by atoms with Gasteiger partial charge in [0.15, 0.2) is 0 Å². The quantitative estimate of drug-likeness (QED) is 0.614. The van der Waals surface area contributed by atoms with Crippen molar-refractivity contribution in [2.24, 2.45) is 0 Å². The summed E-state index contributed by atoms with van der Waals surface area (Å²) >= 11 is 0. The molecule has 30 heavy (non-hydrogen) atoms. The van der Waals surface area contributed by atoms with E-state index in [-0.39, 0.29) is 5.91 Å². The number of benzene rings is 2. The summed E-state index contributed by atoms with van der Waals surface area (Å²) in [4.78, 5) is 21.6. The number of hydrogen-bond acceptors (Lipinski definition) is 3. The van der Waals surface area contributed by atoms with Crippen LogP contribution in [0.1, 0.15) is 32.6 Å². The highest BCUT2D eigenvalue weighted by Crippen LogP contribution is 2.17. The SMILES string of the molecule is Cc1cccc(C#Cc2cc(C(=O)N3CCN(c4ccccn4)CC3)ccc2C)c1. The first-order valence-electron chi connectivity index (χ1n) is 10.2. The third-order valence-corrected chi connectivity index (χ3v) is 5.38. The monoisotopic (exact) mass is 395 g/mol. The van der Waals surface area contributed by atoms with Gasteiger partial charge in [0.05, 0.1) is 0 Å². The van der Waals surface area contributed by atoms with E-state index in [1.807, 2.05) is 60.4 Å². The van der Waals surface area contributed by atoms with E-state index in [0.29, 0.717) is 18.7 Å². The standard InChI is InChI=1S/C26H25N3O/c1-20-6-5-7-22(18-20)10-12-23-19-24(11-9-21(23)2)26(30)29-16-14-28(15-17-29)25-8-3-4-13-27-25/h3-9,11,13,18-19H,14-17H2,1-2H3. The van der Waals surface area contributed by atoms with Gasteiger partial charge >= 0.3 is 0 Å². The first-order valence-corrected chi connectivity index (χ1v) is 10.2. The number of carbonyl (C=O) groups excluding carboxylic acids is 1. The lowest BCUT2D eigenvalue weighted by molar-refractivity contribution is 0.0746. The van der Waals surface area contributed by atoms with Gasteiger partial charge in [0.1, 0.15) is 5.82 Å². The fourth-order valence-corrected chi connectivity index (χ4v) is 3.61. The van der Waals surface area contributed by atoms with E-state index in [0.717, 1.165) is 35.6 Å². The van der Waals surface area contributed by atoms with Gasteiger partial charge in [0.25, 0.3) is 5.91 Å². The minimum Gasteiger partial charge on any atom is -0.353 e. The predicted octanol–water partition coefficient (Wildman–Crippen LogP) is 4.06. The van der Waals surface area contributed by atoms with Crippen LogP contribution in [0.15, 0.2) is 66.9 Å². The maximum Gasteiger partial charge on any atom is 0.254 e. The Morgan fingerprint density at radius 2 is 1.73 bits per heavy atom. The molecule has 0 aliphatic carbocycles. The molecule has 1 amide bonds. The molecule has 4 heteroatoms. The van der Waals surface area contributed by atoms with Crippen LogP contribution in [-0.4, -0.2) is 42.0 Å². The van der Waals surface area contributed by atoms with E-state index in [1.165, 1.54) is 5.56 Å². The summed E-state index contributed by atoms with van der Waals surface area (Å²) in [7, 11) is 0. The third-order valence-electron chi connectivity index (χ3n) is 5.38. The number of aryl methyl sites for hydroxylation is 2. The lowest BCUT2D eigenvalue weighted by Crippen LogP contribution is -2.49. The maximum atomic E-state index is 13.1. The first kappa shape index (κ1) is 19.7. The Bertz CT molecular complexity index is 1100. The molecule has 1 fully saturated rings. The van der Waals surface area contributed by atoms with Gasteiger partial charge in [0, 0.05) is 49.1 Å². The molecule has 4 nitrogen and oxygen atoms in total. The Morgan fingerprint density at radius 1 is 0.900 bits per heavy atom. The molecule has 0 atom stereocenters. The number of piperazine rings is 1. The second kappa shape index (κ2) is 8.84. The van der Waals surface area contributed by atoms with Crippen molar-refractivity contribution in [3.05, 3.63) is 94.7 Å². The molecule has 1 aliphatic rings. The zero-order valence-corrected chi connectivity index (χ0v) is 17.4. The summed E-state index contributed by atoms with van der Waals surface area (Å²) in [5, 5.41) is 0. The van der Waals surface area contributed by atoms with Crippen molar-refractivity contribution in [3.63, 3.8) is 0 Å². The second-order valence-electron chi connectivity index (χ2n) is 7.62. The molecule has 1 saturated heterocycles. The Balaban J connectivity index is 1.47. The van der Waals surface area contributed by atoms with Crippen molar-refractivity contribution >= 4 is 11.7 Å². The highest BCUT2D eigenvalue weighted by Gasteiger charge is 2.23. The third kappa shape index (κ3) is 4.52. The number of rotatable bonds is 2. The van der Waals surface area contributed by atoms with Crippen molar-refractivity contribution in [2.45, 2.75) is 13.8 Å². The van der Waals surface area contributed by atoms with Gasteiger partial charge in [-0.25, -0.2) is 4.98 Å². The molecule has 0 bridgehead atoms. The summed E-state index contributed by atoms with van der Waals surface area (Å²) in [5.41, 5.74) is 4.84. The molecule has 0 unspecified atom stereocenters. The number of carbonyl (C=O) groups is 1. The number of nitrogens with zero attached hydrogens (tertiary/aromatic N) is 3. The van der Waals surface area contributed by atoms with Gasteiger partial charge in [-0.2, -0.15) is 0 Å². The lowest BCUT2D eigenvalue weighted by Gasteiger charge is -2.35. The van der Waals surface area contributed by atoms with Gasteiger partial charge in [-0.3, -0.25) is 4.79 Å². The van der Waals surface area contributed by atoms with E-state index in [2.05, 4.69) is 40.8 Å². The number of anilines is 1. The largest absolute Gasteiger partial charge is 0.353 e. The smallest absolute Gasteiger partial charge is 0.254 e. The molecule has 0 N–H and O–H groups in total. The van der Waals surface area contributed by atoms with Crippen LogP contribution in [0, 0.1) is 25.7 Å². The lowest BCUT2D eigenvalue weighted by atomic mass is 10.0. The molecular weight excluding hydrogens is 370 g/mol. The average Bonchev–Trinajstić information content (AvgIpc) is 2.79. The summed E-state index contributed by atoms with van der Waals surface area (Å²) in [6.07, 6.45) is 1.80. The molecule has 4 rings (SSSR count). The molecule has 2 heterocycles. The van der Waals surface area contributed by atoms with Crippen LogP contribution in [-0.2, 0) is 0 Å². The summed E-state index contributed by atoms with van der Waals surface area (Å²) in [6.45, 7) is 7.04. The molecule has 1 aliphatic heterocycles. The summed E-state index contributed by atoms with van der Waals surface area (Å²) in [5.74, 6) is 7.50. The Hall–Kier alpha value is -3.58. The van der Waals surface area contributed by atoms with E-state index >= 15 is 0 Å². The normalized spacial score (nSPS) is 13.5. The van der Waals surface area contributed by atoms with Gasteiger partial charge in [-0.1, -0.05) is 36.1 Å². The van der Waals surface area contributed by atoms with Gasteiger partial charge in [-0.05, 0) is 61.4 Å². The van der Waals surface area contributed by atoms with Crippen molar-refractivity contribution in [3.8, 4) is 11.8 Å². The molecule has 2 aromatic carbocycles. The van der Waals surface area contributed by atoms with Crippen LogP contribution < -0.4 is 4.90 Å². The van der Waals surface area contributed by atoms with Crippen LogP contribution in [0.2, 0.25) is 0 Å². The van der Waals surface area contributed by atoms with E-state index in [1.54, 1.807) is 6.20 Å². The van der Waals surface area contributed by atoms with Crippen LogP contribution in [0.4, 0.5) is 5.82 Å². The summed E-state index contributed by atoms with van der Waals surface area (Å²) in [6, 6.07) is 19.9. The first-order chi connectivity index (χ1) is 14.6. The Kier molecular flexibility index (Phi) is 5.81. The topological polar surface area (TPSA) is 36.4 Å². The van der Waals surface area contributed by atoms with Crippen molar-refractivity contribution in [1.82, 2.24) is 9.88 Å². The van der Waals surface area contributed by atoms with Crippen LogP contribution in [0.25, 0.3) is 0 Å². The molecular formula is C26H25N3O. The van der Waals surface area contributed by atoms with Crippen LogP contribution in [0.3, 0.4) is 0 Å². The molecule has 0 radical (unpaired) electrons. The molecule has 1 aromatic heterocycles. The Labute approximate surface area is 178 Å². The van der Waals surface area contributed by atoms with Crippen molar-refractivity contribution in [1.29, 1.82) is 0 Å².